The molecule has 16 heavy (non-hydrogen) atoms. The summed E-state index contributed by atoms with van der Waals surface area (Å²) in [6.45, 7) is 0.453. The third-order valence-corrected chi connectivity index (χ3v) is 2.84. The Kier molecular flexibility index (Phi) is 3.31. The molecular formula is C11H14F2N2O. The highest BCUT2D eigenvalue weighted by Gasteiger charge is 2.34. The van der Waals surface area contributed by atoms with E-state index in [1.807, 2.05) is 0 Å². The van der Waals surface area contributed by atoms with Crippen LogP contribution in [0.1, 0.15) is 25.7 Å². The van der Waals surface area contributed by atoms with Crippen molar-refractivity contribution in [2.24, 2.45) is 5.92 Å². The Bertz CT molecular complexity index is 322. The van der Waals surface area contributed by atoms with Gasteiger partial charge in [0.2, 0.25) is 11.8 Å². The molecule has 0 saturated heterocycles. The van der Waals surface area contributed by atoms with Crippen LogP contribution in [0.5, 0.6) is 5.88 Å². The maximum Gasteiger partial charge on any atom is 0.248 e. The lowest BCUT2D eigenvalue weighted by Crippen LogP contribution is -2.27. The minimum Gasteiger partial charge on any atom is -0.476 e. The van der Waals surface area contributed by atoms with Crippen molar-refractivity contribution < 1.29 is 13.5 Å². The van der Waals surface area contributed by atoms with Gasteiger partial charge >= 0.3 is 0 Å². The highest BCUT2D eigenvalue weighted by atomic mass is 19.3. The number of alkyl halides is 2. The van der Waals surface area contributed by atoms with Gasteiger partial charge in [0.1, 0.15) is 0 Å². The number of ether oxygens (including phenoxy) is 1. The number of halogens is 2. The van der Waals surface area contributed by atoms with E-state index in [4.69, 9.17) is 4.74 Å². The van der Waals surface area contributed by atoms with Gasteiger partial charge in [-0.3, -0.25) is 4.98 Å². The highest BCUT2D eigenvalue weighted by Crippen LogP contribution is 2.36. The fraction of sp³-hybridized carbons (Fsp3) is 0.636. The Balaban J connectivity index is 1.76. The summed E-state index contributed by atoms with van der Waals surface area (Å²) in [6, 6.07) is 0. The van der Waals surface area contributed by atoms with Crippen LogP contribution in [0.25, 0.3) is 0 Å². The first kappa shape index (κ1) is 11.2. The predicted molar refractivity (Wildman–Crippen MR) is 54.4 cm³/mol. The van der Waals surface area contributed by atoms with Gasteiger partial charge in [0.15, 0.2) is 0 Å². The molecule has 1 aliphatic carbocycles. The summed E-state index contributed by atoms with van der Waals surface area (Å²) >= 11 is 0. The van der Waals surface area contributed by atoms with E-state index in [1.54, 1.807) is 12.4 Å². The largest absolute Gasteiger partial charge is 0.476 e. The van der Waals surface area contributed by atoms with E-state index in [9.17, 15) is 8.78 Å². The summed E-state index contributed by atoms with van der Waals surface area (Å²) in [5.74, 6) is -1.80. The molecule has 0 amide bonds. The van der Waals surface area contributed by atoms with E-state index in [1.165, 1.54) is 6.20 Å². The second kappa shape index (κ2) is 4.72. The van der Waals surface area contributed by atoms with Crippen LogP contribution in [0.4, 0.5) is 8.78 Å². The molecule has 0 aliphatic heterocycles. The number of aromatic nitrogens is 2. The molecule has 0 bridgehead atoms. The summed E-state index contributed by atoms with van der Waals surface area (Å²) in [7, 11) is 0. The van der Waals surface area contributed by atoms with Crippen LogP contribution in [0, 0.1) is 5.92 Å². The van der Waals surface area contributed by atoms with Gasteiger partial charge in [-0.2, -0.15) is 0 Å². The molecule has 0 radical (unpaired) electrons. The number of hydrogen-bond acceptors (Lipinski definition) is 3. The lowest BCUT2D eigenvalue weighted by molar-refractivity contribution is -0.0500. The predicted octanol–water partition coefficient (Wildman–Crippen LogP) is 2.68. The van der Waals surface area contributed by atoms with Crippen LogP contribution in [0.2, 0.25) is 0 Å². The van der Waals surface area contributed by atoms with Gasteiger partial charge in [-0.25, -0.2) is 13.8 Å². The molecule has 0 atom stereocenters. The number of nitrogens with zero attached hydrogens (tertiary/aromatic N) is 2. The maximum atomic E-state index is 12.9. The van der Waals surface area contributed by atoms with Gasteiger partial charge in [-0.1, -0.05) is 0 Å². The van der Waals surface area contributed by atoms with E-state index >= 15 is 0 Å². The first-order valence-corrected chi connectivity index (χ1v) is 5.42. The Morgan fingerprint density at radius 1 is 1.31 bits per heavy atom. The number of rotatable bonds is 3. The van der Waals surface area contributed by atoms with Crippen molar-refractivity contribution in [2.75, 3.05) is 6.61 Å². The Morgan fingerprint density at radius 2 is 2.06 bits per heavy atom. The number of hydrogen-bond donors (Lipinski definition) is 0. The van der Waals surface area contributed by atoms with E-state index in [2.05, 4.69) is 9.97 Å². The summed E-state index contributed by atoms with van der Waals surface area (Å²) < 4.78 is 31.2. The Morgan fingerprint density at radius 3 is 2.69 bits per heavy atom. The van der Waals surface area contributed by atoms with Crippen molar-refractivity contribution >= 4 is 0 Å². The van der Waals surface area contributed by atoms with Crippen LogP contribution in [-0.2, 0) is 0 Å². The van der Waals surface area contributed by atoms with Gasteiger partial charge in [-0.05, 0) is 18.8 Å². The third-order valence-electron chi connectivity index (χ3n) is 2.84. The van der Waals surface area contributed by atoms with Crippen LogP contribution in [-0.4, -0.2) is 22.5 Å². The van der Waals surface area contributed by atoms with Crippen LogP contribution >= 0.6 is 0 Å². The quantitative estimate of drug-likeness (QED) is 0.797. The van der Waals surface area contributed by atoms with Crippen LogP contribution < -0.4 is 4.74 Å². The van der Waals surface area contributed by atoms with E-state index in [0.717, 1.165) is 0 Å². The molecular weight excluding hydrogens is 214 g/mol. The van der Waals surface area contributed by atoms with E-state index in [-0.39, 0.29) is 18.8 Å². The maximum absolute atomic E-state index is 12.9. The first-order valence-electron chi connectivity index (χ1n) is 5.42. The summed E-state index contributed by atoms with van der Waals surface area (Å²) in [4.78, 5) is 7.82. The van der Waals surface area contributed by atoms with E-state index in [0.29, 0.717) is 25.3 Å². The van der Waals surface area contributed by atoms with Gasteiger partial charge in [0.05, 0.1) is 12.8 Å². The minimum atomic E-state index is -2.47. The van der Waals surface area contributed by atoms with Crippen molar-refractivity contribution in [3.8, 4) is 5.88 Å². The molecule has 2 rings (SSSR count). The SMILES string of the molecule is FC1(F)CCC(COc2cnccn2)CC1. The molecule has 1 saturated carbocycles. The van der Waals surface area contributed by atoms with Crippen LogP contribution in [0.3, 0.4) is 0 Å². The molecule has 0 unspecified atom stereocenters. The monoisotopic (exact) mass is 228 g/mol. The van der Waals surface area contributed by atoms with Gasteiger partial charge < -0.3 is 4.74 Å². The van der Waals surface area contributed by atoms with Gasteiger partial charge in [-0.15, -0.1) is 0 Å². The molecule has 3 nitrogen and oxygen atoms in total. The lowest BCUT2D eigenvalue weighted by Gasteiger charge is -2.27. The summed E-state index contributed by atoms with van der Waals surface area (Å²) in [6.07, 6.45) is 5.62. The standard InChI is InChI=1S/C11H14F2N2O/c12-11(13)3-1-9(2-4-11)8-16-10-7-14-5-6-15-10/h5-7,9H,1-4,8H2. The average molecular weight is 228 g/mol. The molecule has 0 spiro atoms. The van der Waals surface area contributed by atoms with Crippen molar-refractivity contribution in [2.45, 2.75) is 31.6 Å². The highest BCUT2D eigenvalue weighted by molar-refractivity contribution is 5.01. The minimum absolute atomic E-state index is 0.0263. The van der Waals surface area contributed by atoms with Crippen molar-refractivity contribution in [3.05, 3.63) is 18.6 Å². The normalized spacial score (nSPS) is 20.6. The zero-order chi connectivity index (χ0) is 11.4. The molecule has 1 aromatic rings. The average Bonchev–Trinajstić information content (AvgIpc) is 2.29. The van der Waals surface area contributed by atoms with Crippen molar-refractivity contribution in [1.82, 2.24) is 9.97 Å². The second-order valence-corrected chi connectivity index (χ2v) is 4.15. The molecule has 1 heterocycles. The molecule has 1 fully saturated rings. The zero-order valence-electron chi connectivity index (χ0n) is 8.90. The first-order chi connectivity index (χ1) is 7.66. The molecule has 88 valence electrons. The van der Waals surface area contributed by atoms with Crippen LogP contribution in [0.15, 0.2) is 18.6 Å². The van der Waals surface area contributed by atoms with E-state index < -0.39 is 5.92 Å². The van der Waals surface area contributed by atoms with Gasteiger partial charge in [0, 0.05) is 25.2 Å². The van der Waals surface area contributed by atoms with Crippen molar-refractivity contribution in [3.63, 3.8) is 0 Å². The zero-order valence-corrected chi connectivity index (χ0v) is 8.90. The Hall–Kier alpha value is -1.26. The summed E-state index contributed by atoms with van der Waals surface area (Å²) in [5.41, 5.74) is 0. The molecule has 0 N–H and O–H groups in total. The Labute approximate surface area is 92.9 Å². The topological polar surface area (TPSA) is 35.0 Å². The summed E-state index contributed by atoms with van der Waals surface area (Å²) in [5, 5.41) is 0. The molecule has 1 aliphatic rings. The fourth-order valence-corrected chi connectivity index (χ4v) is 1.83. The molecule has 5 heteroatoms. The van der Waals surface area contributed by atoms with Gasteiger partial charge in [0.25, 0.3) is 0 Å². The molecule has 0 aromatic carbocycles. The van der Waals surface area contributed by atoms with Crippen molar-refractivity contribution in [1.29, 1.82) is 0 Å². The molecule has 1 aromatic heterocycles. The smallest absolute Gasteiger partial charge is 0.248 e. The lowest BCUT2D eigenvalue weighted by atomic mass is 9.87. The second-order valence-electron chi connectivity index (χ2n) is 4.15. The third kappa shape index (κ3) is 3.12. The fourth-order valence-electron chi connectivity index (χ4n) is 1.83.